The summed E-state index contributed by atoms with van der Waals surface area (Å²) in [6.45, 7) is 0. The fourth-order valence-corrected chi connectivity index (χ4v) is 3.00. The fourth-order valence-electron chi connectivity index (χ4n) is 2.68. The predicted molar refractivity (Wildman–Crippen MR) is 76.5 cm³/mol. The second-order valence-electron chi connectivity index (χ2n) is 4.94. The van der Waals surface area contributed by atoms with E-state index in [1.807, 2.05) is 0 Å². The molecule has 0 bridgehead atoms. The molecule has 2 N–H and O–H groups in total. The number of nitrogen functional groups attached to an aromatic ring is 1. The van der Waals surface area contributed by atoms with Crippen molar-refractivity contribution in [2.75, 3.05) is 10.6 Å². The standard InChI is InChI=1S/C14H12BrFN2O2/c15-9-5-10(16)12(6-11(9)17)18-13(19)7-3-1-2-4-8(7)14(18)20/h5-6H,1-4,17H2. The molecule has 1 aliphatic heterocycles. The molecule has 3 rings (SSSR count). The van der Waals surface area contributed by atoms with Crippen LogP contribution in [0.15, 0.2) is 27.8 Å². The molecule has 6 heteroatoms. The quantitative estimate of drug-likeness (QED) is 0.632. The van der Waals surface area contributed by atoms with Crippen LogP contribution in [0.1, 0.15) is 25.7 Å². The van der Waals surface area contributed by atoms with Gasteiger partial charge in [-0.05, 0) is 53.7 Å². The van der Waals surface area contributed by atoms with Crippen LogP contribution in [0.25, 0.3) is 0 Å². The molecular weight excluding hydrogens is 327 g/mol. The minimum Gasteiger partial charge on any atom is -0.398 e. The Hall–Kier alpha value is -1.69. The van der Waals surface area contributed by atoms with Crippen LogP contribution < -0.4 is 10.6 Å². The van der Waals surface area contributed by atoms with Crippen LogP contribution >= 0.6 is 15.9 Å². The van der Waals surface area contributed by atoms with E-state index in [0.717, 1.165) is 17.7 Å². The van der Waals surface area contributed by atoms with Crippen molar-refractivity contribution in [3.63, 3.8) is 0 Å². The summed E-state index contributed by atoms with van der Waals surface area (Å²) >= 11 is 3.12. The second-order valence-corrected chi connectivity index (χ2v) is 5.79. The zero-order valence-corrected chi connectivity index (χ0v) is 12.2. The summed E-state index contributed by atoms with van der Waals surface area (Å²) in [5.41, 5.74) is 6.99. The van der Waals surface area contributed by atoms with Crippen molar-refractivity contribution in [1.82, 2.24) is 0 Å². The van der Waals surface area contributed by atoms with Crippen LogP contribution in [-0.4, -0.2) is 11.8 Å². The molecule has 1 aromatic carbocycles. The van der Waals surface area contributed by atoms with Gasteiger partial charge in [-0.2, -0.15) is 0 Å². The van der Waals surface area contributed by atoms with Gasteiger partial charge in [0.1, 0.15) is 5.82 Å². The Bertz CT molecular complexity index is 641. The van der Waals surface area contributed by atoms with Gasteiger partial charge in [0.25, 0.3) is 11.8 Å². The lowest BCUT2D eigenvalue weighted by Gasteiger charge is -2.17. The highest BCUT2D eigenvalue weighted by Crippen LogP contribution is 2.38. The number of amides is 2. The molecule has 4 nitrogen and oxygen atoms in total. The third kappa shape index (κ3) is 1.86. The van der Waals surface area contributed by atoms with Crippen molar-refractivity contribution < 1.29 is 14.0 Å². The lowest BCUT2D eigenvalue weighted by atomic mass is 9.93. The van der Waals surface area contributed by atoms with E-state index in [1.54, 1.807) is 0 Å². The molecule has 0 saturated carbocycles. The zero-order chi connectivity index (χ0) is 14.4. The largest absolute Gasteiger partial charge is 0.398 e. The van der Waals surface area contributed by atoms with Crippen molar-refractivity contribution >= 4 is 39.1 Å². The van der Waals surface area contributed by atoms with Gasteiger partial charge in [-0.15, -0.1) is 0 Å². The number of hydrogen-bond acceptors (Lipinski definition) is 3. The monoisotopic (exact) mass is 338 g/mol. The van der Waals surface area contributed by atoms with Crippen molar-refractivity contribution in [2.24, 2.45) is 0 Å². The number of carbonyl (C=O) groups is 2. The van der Waals surface area contributed by atoms with E-state index in [9.17, 15) is 14.0 Å². The Kier molecular flexibility index (Phi) is 3.12. The van der Waals surface area contributed by atoms with Crippen molar-refractivity contribution in [2.45, 2.75) is 25.7 Å². The Morgan fingerprint density at radius 1 is 1.10 bits per heavy atom. The number of nitrogens with zero attached hydrogens (tertiary/aromatic N) is 1. The zero-order valence-electron chi connectivity index (χ0n) is 10.6. The first-order chi connectivity index (χ1) is 9.50. The normalized spacial score (nSPS) is 18.8. The summed E-state index contributed by atoms with van der Waals surface area (Å²) in [7, 11) is 0. The summed E-state index contributed by atoms with van der Waals surface area (Å²) < 4.78 is 14.5. The fraction of sp³-hybridized carbons (Fsp3) is 0.286. The van der Waals surface area contributed by atoms with Crippen LogP contribution in [0.2, 0.25) is 0 Å². The number of carbonyl (C=O) groups excluding carboxylic acids is 2. The molecule has 0 spiro atoms. The lowest BCUT2D eigenvalue weighted by molar-refractivity contribution is -0.120. The number of nitrogens with two attached hydrogens (primary N) is 1. The average molecular weight is 339 g/mol. The Labute approximate surface area is 123 Å². The molecule has 20 heavy (non-hydrogen) atoms. The summed E-state index contributed by atoms with van der Waals surface area (Å²) in [5, 5.41) is 0. The number of hydrogen-bond donors (Lipinski definition) is 1. The Balaban J connectivity index is 2.07. The van der Waals surface area contributed by atoms with Gasteiger partial charge in [0.15, 0.2) is 0 Å². The summed E-state index contributed by atoms with van der Waals surface area (Å²) in [5.74, 6) is -1.47. The highest BCUT2D eigenvalue weighted by Gasteiger charge is 2.40. The van der Waals surface area contributed by atoms with Gasteiger partial charge >= 0.3 is 0 Å². The summed E-state index contributed by atoms with van der Waals surface area (Å²) in [6, 6.07) is 2.48. The number of halogens is 2. The van der Waals surface area contributed by atoms with Crippen LogP contribution in [0, 0.1) is 5.82 Å². The average Bonchev–Trinajstić information content (AvgIpc) is 2.68. The van der Waals surface area contributed by atoms with Crippen LogP contribution in [0.3, 0.4) is 0 Å². The maximum absolute atomic E-state index is 14.1. The lowest BCUT2D eigenvalue weighted by Crippen LogP contribution is -2.32. The number of rotatable bonds is 1. The first-order valence-corrected chi connectivity index (χ1v) is 7.15. The number of benzene rings is 1. The topological polar surface area (TPSA) is 63.4 Å². The molecule has 1 aromatic rings. The molecule has 0 radical (unpaired) electrons. The Morgan fingerprint density at radius 3 is 2.20 bits per heavy atom. The highest BCUT2D eigenvalue weighted by molar-refractivity contribution is 9.10. The number of imide groups is 1. The molecule has 2 aliphatic rings. The van der Waals surface area contributed by atoms with Crippen LogP contribution in [0.5, 0.6) is 0 Å². The first kappa shape index (κ1) is 13.3. The maximum atomic E-state index is 14.1. The number of anilines is 2. The smallest absolute Gasteiger partial charge is 0.261 e. The molecule has 1 heterocycles. The molecule has 1 aliphatic carbocycles. The molecule has 0 saturated heterocycles. The van der Waals surface area contributed by atoms with Gasteiger partial charge in [-0.3, -0.25) is 9.59 Å². The molecular formula is C14H12BrFN2O2. The van der Waals surface area contributed by atoms with E-state index in [4.69, 9.17) is 5.73 Å². The van der Waals surface area contributed by atoms with E-state index in [2.05, 4.69) is 15.9 Å². The molecule has 0 aromatic heterocycles. The van der Waals surface area contributed by atoms with E-state index >= 15 is 0 Å². The SMILES string of the molecule is Nc1cc(N2C(=O)C3=C(CCCC3)C2=O)c(F)cc1Br. The van der Waals surface area contributed by atoms with Gasteiger partial charge in [0, 0.05) is 21.3 Å². The van der Waals surface area contributed by atoms with Crippen molar-refractivity contribution in [3.05, 3.63) is 33.6 Å². The summed E-state index contributed by atoms with van der Waals surface area (Å²) in [6.07, 6.45) is 2.95. The van der Waals surface area contributed by atoms with Gasteiger partial charge in [0.05, 0.1) is 5.69 Å². The highest BCUT2D eigenvalue weighted by atomic mass is 79.9. The van der Waals surface area contributed by atoms with E-state index in [-0.39, 0.29) is 11.4 Å². The van der Waals surface area contributed by atoms with Gasteiger partial charge in [-0.25, -0.2) is 9.29 Å². The second kappa shape index (κ2) is 4.70. The van der Waals surface area contributed by atoms with E-state index in [0.29, 0.717) is 28.5 Å². The van der Waals surface area contributed by atoms with Crippen molar-refractivity contribution in [3.8, 4) is 0 Å². The molecule has 104 valence electrons. The predicted octanol–water partition coefficient (Wildman–Crippen LogP) is 2.91. The maximum Gasteiger partial charge on any atom is 0.261 e. The van der Waals surface area contributed by atoms with E-state index < -0.39 is 17.6 Å². The minimum absolute atomic E-state index is 0.0740. The van der Waals surface area contributed by atoms with Crippen LogP contribution in [-0.2, 0) is 9.59 Å². The van der Waals surface area contributed by atoms with E-state index in [1.165, 1.54) is 12.1 Å². The molecule has 0 atom stereocenters. The van der Waals surface area contributed by atoms with Gasteiger partial charge in [0.2, 0.25) is 0 Å². The third-order valence-electron chi connectivity index (χ3n) is 3.70. The third-order valence-corrected chi connectivity index (χ3v) is 4.38. The Morgan fingerprint density at radius 2 is 1.65 bits per heavy atom. The van der Waals surface area contributed by atoms with Crippen LogP contribution in [0.4, 0.5) is 15.8 Å². The first-order valence-electron chi connectivity index (χ1n) is 6.36. The van der Waals surface area contributed by atoms with Gasteiger partial charge in [-0.1, -0.05) is 0 Å². The molecule has 2 amide bonds. The molecule has 0 unspecified atom stereocenters. The van der Waals surface area contributed by atoms with Gasteiger partial charge < -0.3 is 5.73 Å². The molecule has 0 fully saturated rings. The van der Waals surface area contributed by atoms with Crippen molar-refractivity contribution in [1.29, 1.82) is 0 Å². The minimum atomic E-state index is -0.646. The summed E-state index contributed by atoms with van der Waals surface area (Å²) in [4.78, 5) is 25.6.